The van der Waals surface area contributed by atoms with E-state index in [4.69, 9.17) is 4.74 Å². The van der Waals surface area contributed by atoms with Crippen LogP contribution in [0.2, 0.25) is 0 Å². The molecule has 1 aliphatic heterocycles. The smallest absolute Gasteiger partial charge is 0.172 e. The van der Waals surface area contributed by atoms with Crippen LogP contribution in [0.4, 0.5) is 0 Å². The second kappa shape index (κ2) is 5.22. The average Bonchev–Trinajstić information content (AvgIpc) is 2.12. The lowest BCUT2D eigenvalue weighted by Gasteiger charge is -2.29. The van der Waals surface area contributed by atoms with Crippen LogP contribution in [-0.2, 0) is 14.3 Å². The quantitative estimate of drug-likeness (QED) is 0.645. The Morgan fingerprint density at radius 3 is 2.93 bits per heavy atom. The average molecular weight is 199 g/mol. The maximum absolute atomic E-state index is 11.2. The molecular formula is C10H17NO3. The number of carbonyl (C=O) groups excluding carboxylic acids is 2. The molecule has 1 aliphatic rings. The first-order chi connectivity index (χ1) is 6.63. The molecule has 0 aromatic heterocycles. The number of Topliss-reactive ketones (excluding diaryl/α,β-unsaturated/α-hetero) is 2. The first-order valence-corrected chi connectivity index (χ1v) is 4.89. The number of likely N-dealkylation sites (tertiary alicyclic amines) is 1. The van der Waals surface area contributed by atoms with E-state index in [0.29, 0.717) is 31.8 Å². The Bertz CT molecular complexity index is 227. The summed E-state index contributed by atoms with van der Waals surface area (Å²) in [5, 5.41) is 0. The summed E-state index contributed by atoms with van der Waals surface area (Å²) in [6, 6.07) is 0. The molecule has 1 rings (SSSR count). The minimum Gasteiger partial charge on any atom is -0.377 e. The predicted molar refractivity (Wildman–Crippen MR) is 52.1 cm³/mol. The largest absolute Gasteiger partial charge is 0.377 e. The van der Waals surface area contributed by atoms with Crippen LogP contribution < -0.4 is 0 Å². The molecule has 0 N–H and O–H groups in total. The second-order valence-corrected chi connectivity index (χ2v) is 3.82. The third kappa shape index (κ3) is 3.20. The van der Waals surface area contributed by atoms with Crippen LogP contribution in [0.5, 0.6) is 0 Å². The molecule has 0 aromatic carbocycles. The third-order valence-electron chi connectivity index (χ3n) is 2.46. The highest BCUT2D eigenvalue weighted by Crippen LogP contribution is 2.11. The van der Waals surface area contributed by atoms with E-state index >= 15 is 0 Å². The van der Waals surface area contributed by atoms with Crippen molar-refractivity contribution in [3.05, 3.63) is 0 Å². The molecule has 0 spiro atoms. The van der Waals surface area contributed by atoms with E-state index in [2.05, 4.69) is 0 Å². The van der Waals surface area contributed by atoms with Crippen molar-refractivity contribution < 1.29 is 14.3 Å². The van der Waals surface area contributed by atoms with Crippen molar-refractivity contribution in [2.75, 3.05) is 33.4 Å². The minimum absolute atomic E-state index is 0.0686. The van der Waals surface area contributed by atoms with Crippen LogP contribution in [0.25, 0.3) is 0 Å². The summed E-state index contributed by atoms with van der Waals surface area (Å²) in [6.45, 7) is 3.90. The number of nitrogens with zero attached hydrogens (tertiary/aromatic N) is 1. The molecule has 80 valence electrons. The highest BCUT2D eigenvalue weighted by Gasteiger charge is 2.24. The van der Waals surface area contributed by atoms with Crippen molar-refractivity contribution in [2.24, 2.45) is 5.92 Å². The Morgan fingerprint density at radius 1 is 1.64 bits per heavy atom. The Morgan fingerprint density at radius 2 is 2.36 bits per heavy atom. The monoisotopic (exact) mass is 199 g/mol. The van der Waals surface area contributed by atoms with Gasteiger partial charge < -0.3 is 4.74 Å². The third-order valence-corrected chi connectivity index (χ3v) is 2.46. The highest BCUT2D eigenvalue weighted by atomic mass is 16.5. The number of piperidine rings is 1. The van der Waals surface area contributed by atoms with Crippen LogP contribution in [0.15, 0.2) is 0 Å². The molecule has 0 aromatic rings. The number of ketones is 2. The van der Waals surface area contributed by atoms with Crippen molar-refractivity contribution >= 4 is 11.6 Å². The van der Waals surface area contributed by atoms with E-state index in [1.54, 1.807) is 0 Å². The van der Waals surface area contributed by atoms with E-state index < -0.39 is 0 Å². The van der Waals surface area contributed by atoms with Gasteiger partial charge >= 0.3 is 0 Å². The zero-order valence-electron chi connectivity index (χ0n) is 8.78. The highest BCUT2D eigenvalue weighted by molar-refractivity contribution is 5.83. The van der Waals surface area contributed by atoms with E-state index in [9.17, 15) is 9.59 Å². The van der Waals surface area contributed by atoms with Gasteiger partial charge in [0.05, 0.1) is 6.54 Å². The van der Waals surface area contributed by atoms with Crippen LogP contribution >= 0.6 is 0 Å². The Labute approximate surface area is 84.2 Å². The first kappa shape index (κ1) is 11.3. The second-order valence-electron chi connectivity index (χ2n) is 3.82. The van der Waals surface area contributed by atoms with Gasteiger partial charge in [-0.2, -0.15) is 0 Å². The molecule has 4 heteroatoms. The number of methoxy groups -OCH3 is 1. The number of carbonyl (C=O) groups is 2. The lowest BCUT2D eigenvalue weighted by molar-refractivity contribution is -0.129. The van der Waals surface area contributed by atoms with Crippen molar-refractivity contribution in [2.45, 2.75) is 13.3 Å². The maximum atomic E-state index is 11.2. The fraction of sp³-hybridized carbons (Fsp3) is 0.800. The zero-order valence-corrected chi connectivity index (χ0v) is 8.78. The summed E-state index contributed by atoms with van der Waals surface area (Å²) in [6.07, 6.45) is 0.571. The SMILES string of the molecule is COCC(=O)CN1CCC(=O)C(C)C1. The van der Waals surface area contributed by atoms with E-state index in [-0.39, 0.29) is 18.3 Å². The lowest BCUT2D eigenvalue weighted by Crippen LogP contribution is -2.42. The summed E-state index contributed by atoms with van der Waals surface area (Å²) in [5.74, 6) is 0.452. The van der Waals surface area contributed by atoms with Crippen LogP contribution in [0.3, 0.4) is 0 Å². The summed E-state index contributed by atoms with van der Waals surface area (Å²) >= 11 is 0. The van der Waals surface area contributed by atoms with Gasteiger partial charge in [-0.1, -0.05) is 6.92 Å². The molecule has 1 atom stereocenters. The lowest BCUT2D eigenvalue weighted by atomic mass is 9.98. The molecule has 0 saturated carbocycles. The van der Waals surface area contributed by atoms with E-state index in [1.165, 1.54) is 7.11 Å². The molecule has 0 amide bonds. The van der Waals surface area contributed by atoms with Crippen LogP contribution in [-0.4, -0.2) is 49.8 Å². The van der Waals surface area contributed by atoms with Gasteiger partial charge in [-0.3, -0.25) is 14.5 Å². The van der Waals surface area contributed by atoms with Gasteiger partial charge in [0.2, 0.25) is 0 Å². The van der Waals surface area contributed by atoms with Gasteiger partial charge in [-0.05, 0) is 0 Å². The van der Waals surface area contributed by atoms with Crippen molar-refractivity contribution in [1.82, 2.24) is 4.90 Å². The van der Waals surface area contributed by atoms with Gasteiger partial charge in [-0.15, -0.1) is 0 Å². The van der Waals surface area contributed by atoms with Gasteiger partial charge in [0.1, 0.15) is 12.4 Å². The summed E-state index contributed by atoms with van der Waals surface area (Å²) in [7, 11) is 1.51. The maximum Gasteiger partial charge on any atom is 0.172 e. The van der Waals surface area contributed by atoms with E-state index in [0.717, 1.165) is 0 Å². The fourth-order valence-electron chi connectivity index (χ4n) is 1.69. The van der Waals surface area contributed by atoms with Crippen molar-refractivity contribution in [3.8, 4) is 0 Å². The minimum atomic E-state index is 0.0686. The Kier molecular flexibility index (Phi) is 4.22. The van der Waals surface area contributed by atoms with Gasteiger partial charge in [0, 0.05) is 32.5 Å². The summed E-state index contributed by atoms with van der Waals surface area (Å²) < 4.78 is 4.75. The van der Waals surface area contributed by atoms with Crippen LogP contribution in [0.1, 0.15) is 13.3 Å². The molecule has 4 nitrogen and oxygen atoms in total. The normalized spacial score (nSPS) is 23.9. The Balaban J connectivity index is 2.32. The fourth-order valence-corrected chi connectivity index (χ4v) is 1.69. The van der Waals surface area contributed by atoms with Crippen molar-refractivity contribution in [1.29, 1.82) is 0 Å². The molecule has 0 radical (unpaired) electrons. The van der Waals surface area contributed by atoms with E-state index in [1.807, 2.05) is 11.8 Å². The molecular weight excluding hydrogens is 182 g/mol. The Hall–Kier alpha value is -0.740. The molecule has 1 saturated heterocycles. The van der Waals surface area contributed by atoms with Gasteiger partial charge in [-0.25, -0.2) is 0 Å². The molecule has 1 fully saturated rings. The van der Waals surface area contributed by atoms with Gasteiger partial charge in [0.25, 0.3) is 0 Å². The molecule has 0 bridgehead atoms. The number of ether oxygens (including phenoxy) is 1. The summed E-state index contributed by atoms with van der Waals surface area (Å²) in [4.78, 5) is 24.5. The topological polar surface area (TPSA) is 46.6 Å². The first-order valence-electron chi connectivity index (χ1n) is 4.89. The van der Waals surface area contributed by atoms with Crippen LogP contribution in [0, 0.1) is 5.92 Å². The zero-order chi connectivity index (χ0) is 10.6. The standard InChI is InChI=1S/C10H17NO3/c1-8-5-11(4-3-10(8)13)6-9(12)7-14-2/h8H,3-7H2,1-2H3. The molecule has 1 unspecified atom stereocenters. The molecule has 14 heavy (non-hydrogen) atoms. The van der Waals surface area contributed by atoms with Gasteiger partial charge in [0.15, 0.2) is 5.78 Å². The molecule has 1 heterocycles. The van der Waals surface area contributed by atoms with Crippen molar-refractivity contribution in [3.63, 3.8) is 0 Å². The number of hydrogen-bond donors (Lipinski definition) is 0. The predicted octanol–water partition coefficient (Wildman–Crippen LogP) is 0.113. The number of hydrogen-bond acceptors (Lipinski definition) is 4. The number of rotatable bonds is 4. The molecule has 0 aliphatic carbocycles. The summed E-state index contributed by atoms with van der Waals surface area (Å²) in [5.41, 5.74) is 0.